The molecule has 0 saturated heterocycles. The normalized spacial score (nSPS) is 12.1. The first-order chi connectivity index (χ1) is 12.2. The molecule has 0 fully saturated rings. The molecule has 0 unspecified atom stereocenters. The number of Topliss-reactive ketones (excluding diaryl/α,β-unsaturated/α-hetero) is 1. The Bertz CT molecular complexity index is 822. The van der Waals surface area contributed by atoms with Crippen molar-refractivity contribution < 1.29 is 9.53 Å². The molecule has 1 aromatic heterocycles. The van der Waals surface area contributed by atoms with Crippen LogP contribution in [0.25, 0.3) is 10.9 Å². The molecule has 142 valence electrons. The second-order valence-electron chi connectivity index (χ2n) is 7.60. The molecule has 2 aromatic rings. The third-order valence-electron chi connectivity index (χ3n) is 3.97. The number of hydrogen-bond acceptors (Lipinski definition) is 5. The number of benzene rings is 1. The Labute approximate surface area is 159 Å². The number of ketones is 1. The van der Waals surface area contributed by atoms with Gasteiger partial charge in [-0.3, -0.25) is 14.2 Å². The van der Waals surface area contributed by atoms with Gasteiger partial charge in [-0.2, -0.15) is 0 Å². The predicted octanol–water partition coefficient (Wildman–Crippen LogP) is 3.92. The highest BCUT2D eigenvalue weighted by Crippen LogP contribution is 2.23. The molecule has 0 radical (unpaired) electrons. The lowest BCUT2D eigenvalue weighted by atomic mass is 9.92. The number of aromatic nitrogens is 2. The predicted molar refractivity (Wildman–Crippen MR) is 107 cm³/mol. The summed E-state index contributed by atoms with van der Waals surface area (Å²) in [7, 11) is 0. The van der Waals surface area contributed by atoms with E-state index in [2.05, 4.69) is 4.98 Å². The van der Waals surface area contributed by atoms with E-state index in [1.54, 1.807) is 10.6 Å². The fourth-order valence-electron chi connectivity index (χ4n) is 2.34. The van der Waals surface area contributed by atoms with Crippen molar-refractivity contribution in [2.24, 2.45) is 5.41 Å². The number of carbonyl (C=O) groups is 1. The van der Waals surface area contributed by atoms with Crippen LogP contribution in [-0.4, -0.2) is 33.8 Å². The van der Waals surface area contributed by atoms with E-state index in [-0.39, 0.29) is 17.4 Å². The van der Waals surface area contributed by atoms with Crippen LogP contribution >= 0.6 is 11.8 Å². The van der Waals surface area contributed by atoms with E-state index in [1.807, 2.05) is 52.8 Å². The molecule has 26 heavy (non-hydrogen) atoms. The molecule has 1 heterocycles. The maximum atomic E-state index is 12.9. The van der Waals surface area contributed by atoms with Crippen LogP contribution in [-0.2, 0) is 16.1 Å². The molecule has 0 atom stereocenters. The molecule has 0 amide bonds. The standard InChI is InChI=1S/C20H28N2O3S/c1-14(2)25-12-8-11-22-18(24)15-9-6-7-10-16(15)21-19(22)26-13-17(23)20(3,4)5/h6-7,9-10,14H,8,11-13H2,1-5H3. The molecule has 0 aliphatic heterocycles. The van der Waals surface area contributed by atoms with Gasteiger partial charge in [-0.05, 0) is 32.4 Å². The van der Waals surface area contributed by atoms with E-state index in [9.17, 15) is 9.59 Å². The summed E-state index contributed by atoms with van der Waals surface area (Å²) in [4.78, 5) is 29.8. The number of carbonyl (C=O) groups excluding carboxylic acids is 1. The van der Waals surface area contributed by atoms with E-state index < -0.39 is 5.41 Å². The van der Waals surface area contributed by atoms with Crippen LogP contribution in [0, 0.1) is 5.41 Å². The van der Waals surface area contributed by atoms with Crippen LogP contribution in [0.2, 0.25) is 0 Å². The Morgan fingerprint density at radius 3 is 2.62 bits per heavy atom. The van der Waals surface area contributed by atoms with E-state index in [0.29, 0.717) is 35.0 Å². The molecule has 0 saturated carbocycles. The van der Waals surface area contributed by atoms with Crippen molar-refractivity contribution in [1.29, 1.82) is 0 Å². The third kappa shape index (κ3) is 5.42. The zero-order chi connectivity index (χ0) is 19.3. The van der Waals surface area contributed by atoms with Gasteiger partial charge in [0, 0.05) is 18.6 Å². The number of rotatable bonds is 8. The lowest BCUT2D eigenvalue weighted by Crippen LogP contribution is -2.26. The van der Waals surface area contributed by atoms with Crippen LogP contribution in [0.5, 0.6) is 0 Å². The Balaban J connectivity index is 2.28. The van der Waals surface area contributed by atoms with E-state index in [4.69, 9.17) is 4.74 Å². The molecule has 6 heteroatoms. The van der Waals surface area contributed by atoms with Gasteiger partial charge >= 0.3 is 0 Å². The third-order valence-corrected chi connectivity index (χ3v) is 4.95. The Hall–Kier alpha value is -1.66. The van der Waals surface area contributed by atoms with Crippen LogP contribution in [0.4, 0.5) is 0 Å². The molecule has 0 bridgehead atoms. The van der Waals surface area contributed by atoms with Crippen LogP contribution < -0.4 is 5.56 Å². The summed E-state index contributed by atoms with van der Waals surface area (Å²) in [6.45, 7) is 10.8. The minimum atomic E-state index is -0.403. The lowest BCUT2D eigenvalue weighted by Gasteiger charge is -2.17. The van der Waals surface area contributed by atoms with Crippen molar-refractivity contribution >= 4 is 28.4 Å². The summed E-state index contributed by atoms with van der Waals surface area (Å²) in [5.74, 6) is 0.441. The largest absolute Gasteiger partial charge is 0.379 e. The topological polar surface area (TPSA) is 61.2 Å². The first-order valence-electron chi connectivity index (χ1n) is 8.97. The van der Waals surface area contributed by atoms with Crippen molar-refractivity contribution in [2.45, 2.75) is 58.8 Å². The van der Waals surface area contributed by atoms with Gasteiger partial charge in [0.2, 0.25) is 0 Å². The first-order valence-corrected chi connectivity index (χ1v) is 9.96. The summed E-state index contributed by atoms with van der Waals surface area (Å²) < 4.78 is 7.25. The summed E-state index contributed by atoms with van der Waals surface area (Å²) >= 11 is 1.34. The number of fused-ring (bicyclic) bond motifs is 1. The molecule has 0 aliphatic carbocycles. The van der Waals surface area contributed by atoms with E-state index >= 15 is 0 Å². The van der Waals surface area contributed by atoms with Crippen molar-refractivity contribution in [3.05, 3.63) is 34.6 Å². The number of para-hydroxylation sites is 1. The van der Waals surface area contributed by atoms with Gasteiger partial charge in [0.15, 0.2) is 5.16 Å². The second kappa shape index (κ2) is 8.82. The molecule has 0 aliphatic rings. The molecular weight excluding hydrogens is 348 g/mol. The Morgan fingerprint density at radius 2 is 1.96 bits per heavy atom. The van der Waals surface area contributed by atoms with Crippen molar-refractivity contribution in [3.63, 3.8) is 0 Å². The average Bonchev–Trinajstić information content (AvgIpc) is 2.57. The van der Waals surface area contributed by atoms with Gasteiger partial charge in [0.05, 0.1) is 22.8 Å². The van der Waals surface area contributed by atoms with E-state index in [0.717, 1.165) is 6.42 Å². The maximum absolute atomic E-state index is 12.9. The van der Waals surface area contributed by atoms with Gasteiger partial charge in [0.1, 0.15) is 5.78 Å². The van der Waals surface area contributed by atoms with E-state index in [1.165, 1.54) is 11.8 Å². The molecule has 2 rings (SSSR count). The molecular formula is C20H28N2O3S. The van der Waals surface area contributed by atoms with Crippen LogP contribution in [0.1, 0.15) is 41.0 Å². The summed E-state index contributed by atoms with van der Waals surface area (Å²) in [5, 5.41) is 1.19. The van der Waals surface area contributed by atoms with Gasteiger partial charge in [-0.15, -0.1) is 0 Å². The molecule has 0 spiro atoms. The highest BCUT2D eigenvalue weighted by atomic mass is 32.2. The Kier molecular flexibility index (Phi) is 7.01. The average molecular weight is 377 g/mol. The van der Waals surface area contributed by atoms with Gasteiger partial charge in [0.25, 0.3) is 5.56 Å². The zero-order valence-corrected chi connectivity index (χ0v) is 17.1. The summed E-state index contributed by atoms with van der Waals surface area (Å²) in [5.41, 5.74) is 0.198. The number of nitrogens with zero attached hydrogens (tertiary/aromatic N) is 2. The SMILES string of the molecule is CC(C)OCCCn1c(SCC(=O)C(C)(C)C)nc2ccccc2c1=O. The minimum Gasteiger partial charge on any atom is -0.379 e. The quantitative estimate of drug-likeness (QED) is 0.397. The Morgan fingerprint density at radius 1 is 1.27 bits per heavy atom. The maximum Gasteiger partial charge on any atom is 0.262 e. The lowest BCUT2D eigenvalue weighted by molar-refractivity contribution is -0.123. The van der Waals surface area contributed by atoms with Gasteiger partial charge < -0.3 is 4.74 Å². The van der Waals surface area contributed by atoms with Crippen molar-refractivity contribution in [3.8, 4) is 0 Å². The summed E-state index contributed by atoms with van der Waals surface area (Å²) in [6.07, 6.45) is 0.888. The number of thioether (sulfide) groups is 1. The van der Waals surface area contributed by atoms with Crippen LogP contribution in [0.15, 0.2) is 34.2 Å². The van der Waals surface area contributed by atoms with Crippen LogP contribution in [0.3, 0.4) is 0 Å². The smallest absolute Gasteiger partial charge is 0.262 e. The highest BCUT2D eigenvalue weighted by molar-refractivity contribution is 7.99. The van der Waals surface area contributed by atoms with Crippen molar-refractivity contribution in [2.75, 3.05) is 12.4 Å². The fraction of sp³-hybridized carbons (Fsp3) is 0.550. The van der Waals surface area contributed by atoms with Crippen molar-refractivity contribution in [1.82, 2.24) is 9.55 Å². The molecule has 5 nitrogen and oxygen atoms in total. The fourth-order valence-corrected chi connectivity index (χ4v) is 3.53. The number of ether oxygens (including phenoxy) is 1. The van der Waals surface area contributed by atoms with Gasteiger partial charge in [-0.1, -0.05) is 44.7 Å². The van der Waals surface area contributed by atoms with Gasteiger partial charge in [-0.25, -0.2) is 4.98 Å². The summed E-state index contributed by atoms with van der Waals surface area (Å²) in [6, 6.07) is 7.33. The molecule has 1 aromatic carbocycles. The molecule has 0 N–H and O–H groups in total. The minimum absolute atomic E-state index is 0.0640. The first kappa shape index (κ1) is 20.6. The highest BCUT2D eigenvalue weighted by Gasteiger charge is 2.22. The second-order valence-corrected chi connectivity index (χ2v) is 8.55. The number of hydrogen-bond donors (Lipinski definition) is 0. The zero-order valence-electron chi connectivity index (χ0n) is 16.2. The monoisotopic (exact) mass is 376 g/mol.